The van der Waals surface area contributed by atoms with Gasteiger partial charge in [0, 0.05) is 25.8 Å². The van der Waals surface area contributed by atoms with Crippen molar-refractivity contribution in [2.75, 3.05) is 30.7 Å². The second-order valence-electron chi connectivity index (χ2n) is 4.15. The van der Waals surface area contributed by atoms with E-state index < -0.39 is 15.9 Å². The summed E-state index contributed by atoms with van der Waals surface area (Å²) < 4.78 is 25.2. The van der Waals surface area contributed by atoms with Crippen LogP contribution in [0.3, 0.4) is 0 Å². The van der Waals surface area contributed by atoms with Crippen LogP contribution in [0.25, 0.3) is 0 Å². The largest absolute Gasteiger partial charge is 0.370 e. The molecule has 3 N–H and O–H groups in total. The fourth-order valence-corrected chi connectivity index (χ4v) is 2.72. The number of hydrogen-bond acceptors (Lipinski definition) is 5. The van der Waals surface area contributed by atoms with Crippen LogP contribution in [-0.4, -0.2) is 44.7 Å². The second kappa shape index (κ2) is 8.16. The lowest BCUT2D eigenvalue weighted by molar-refractivity contribution is 0.0956. The minimum absolute atomic E-state index is 0.00333. The molecule has 1 heterocycles. The molecular formula is C12H19ClN4O3S. The van der Waals surface area contributed by atoms with Crippen molar-refractivity contribution in [1.29, 1.82) is 0 Å². The molecule has 0 unspecified atom stereocenters. The summed E-state index contributed by atoms with van der Waals surface area (Å²) in [7, 11) is -3.36. The number of halogens is 1. The molecule has 1 aromatic rings. The van der Waals surface area contributed by atoms with Gasteiger partial charge in [-0.3, -0.25) is 4.79 Å². The number of aromatic nitrogens is 1. The van der Waals surface area contributed by atoms with E-state index in [4.69, 9.17) is 11.6 Å². The number of carbonyl (C=O) groups is 1. The average molecular weight is 335 g/mol. The third-order valence-electron chi connectivity index (χ3n) is 2.48. The van der Waals surface area contributed by atoms with Crippen molar-refractivity contribution in [3.8, 4) is 0 Å². The molecule has 0 saturated heterocycles. The van der Waals surface area contributed by atoms with Gasteiger partial charge < -0.3 is 10.6 Å². The van der Waals surface area contributed by atoms with Gasteiger partial charge in [-0.25, -0.2) is 18.1 Å². The van der Waals surface area contributed by atoms with E-state index in [1.165, 1.54) is 12.3 Å². The highest BCUT2D eigenvalue weighted by molar-refractivity contribution is 7.89. The van der Waals surface area contributed by atoms with Crippen LogP contribution in [0, 0.1) is 0 Å². The van der Waals surface area contributed by atoms with Crippen molar-refractivity contribution in [3.05, 3.63) is 22.8 Å². The Kier molecular flexibility index (Phi) is 6.86. The molecule has 0 aliphatic rings. The fourth-order valence-electron chi connectivity index (χ4n) is 1.58. The van der Waals surface area contributed by atoms with Crippen LogP contribution in [0.1, 0.15) is 24.2 Å². The van der Waals surface area contributed by atoms with Gasteiger partial charge >= 0.3 is 0 Å². The molecule has 0 aliphatic heterocycles. The van der Waals surface area contributed by atoms with Crippen LogP contribution in [0.15, 0.2) is 12.3 Å². The van der Waals surface area contributed by atoms with Crippen LogP contribution in [-0.2, 0) is 10.0 Å². The van der Waals surface area contributed by atoms with E-state index in [-0.39, 0.29) is 22.9 Å². The molecule has 0 aromatic carbocycles. The maximum atomic E-state index is 12.0. The number of carbonyl (C=O) groups excluding carboxylic acids is 1. The molecule has 0 atom stereocenters. The van der Waals surface area contributed by atoms with E-state index in [0.717, 1.165) is 0 Å². The minimum atomic E-state index is -3.36. The molecule has 0 spiro atoms. The summed E-state index contributed by atoms with van der Waals surface area (Å²) in [4.78, 5) is 16.0. The first-order chi connectivity index (χ1) is 9.89. The van der Waals surface area contributed by atoms with Crippen molar-refractivity contribution in [1.82, 2.24) is 15.0 Å². The molecule has 7 nitrogen and oxygen atoms in total. The molecule has 21 heavy (non-hydrogen) atoms. The zero-order valence-electron chi connectivity index (χ0n) is 11.9. The van der Waals surface area contributed by atoms with Gasteiger partial charge in [0.1, 0.15) is 5.82 Å². The van der Waals surface area contributed by atoms with Crippen LogP contribution in [0.5, 0.6) is 0 Å². The van der Waals surface area contributed by atoms with E-state index in [9.17, 15) is 13.2 Å². The van der Waals surface area contributed by atoms with E-state index in [1.807, 2.05) is 6.92 Å². The third-order valence-corrected chi connectivity index (χ3v) is 4.25. The first kappa shape index (κ1) is 17.7. The van der Waals surface area contributed by atoms with Gasteiger partial charge in [-0.15, -0.1) is 0 Å². The van der Waals surface area contributed by atoms with Crippen LogP contribution in [0.2, 0.25) is 5.02 Å². The predicted octanol–water partition coefficient (Wildman–Crippen LogP) is 0.836. The van der Waals surface area contributed by atoms with E-state index >= 15 is 0 Å². The minimum Gasteiger partial charge on any atom is -0.370 e. The van der Waals surface area contributed by atoms with Gasteiger partial charge in [0.15, 0.2) is 0 Å². The van der Waals surface area contributed by atoms with Crippen molar-refractivity contribution in [3.63, 3.8) is 0 Å². The van der Waals surface area contributed by atoms with Gasteiger partial charge in [0.05, 0.1) is 16.3 Å². The Labute approximate surface area is 129 Å². The van der Waals surface area contributed by atoms with Gasteiger partial charge in [0.2, 0.25) is 10.0 Å². The Balaban J connectivity index is 2.65. The summed E-state index contributed by atoms with van der Waals surface area (Å²) in [6.07, 6.45) is 1.38. The Morgan fingerprint density at radius 3 is 2.67 bits per heavy atom. The maximum absolute atomic E-state index is 12.0. The van der Waals surface area contributed by atoms with Crippen molar-refractivity contribution < 1.29 is 13.2 Å². The number of nitrogens with zero attached hydrogens (tertiary/aromatic N) is 1. The smallest absolute Gasteiger partial charge is 0.253 e. The van der Waals surface area contributed by atoms with Crippen LogP contribution < -0.4 is 15.4 Å². The molecule has 0 saturated carbocycles. The molecule has 0 bridgehead atoms. The highest BCUT2D eigenvalue weighted by atomic mass is 35.5. The van der Waals surface area contributed by atoms with Crippen LogP contribution >= 0.6 is 11.6 Å². The van der Waals surface area contributed by atoms with Crippen molar-refractivity contribution in [2.24, 2.45) is 0 Å². The Hall–Kier alpha value is -1.38. The lowest BCUT2D eigenvalue weighted by atomic mass is 10.2. The number of rotatable bonds is 8. The molecule has 1 amide bonds. The van der Waals surface area contributed by atoms with E-state index in [1.54, 1.807) is 6.92 Å². The summed E-state index contributed by atoms with van der Waals surface area (Å²) in [6, 6.07) is 1.53. The van der Waals surface area contributed by atoms with E-state index in [2.05, 4.69) is 20.3 Å². The summed E-state index contributed by atoms with van der Waals surface area (Å²) in [6.45, 7) is 4.58. The lowest BCUT2D eigenvalue weighted by Gasteiger charge is -2.09. The lowest BCUT2D eigenvalue weighted by Crippen LogP contribution is -2.34. The van der Waals surface area contributed by atoms with Gasteiger partial charge in [-0.05, 0) is 13.0 Å². The topological polar surface area (TPSA) is 100 Å². The predicted molar refractivity (Wildman–Crippen MR) is 83.2 cm³/mol. The summed E-state index contributed by atoms with van der Waals surface area (Å²) in [5, 5.41) is 5.71. The molecule has 1 aromatic heterocycles. The third kappa shape index (κ3) is 5.86. The summed E-state index contributed by atoms with van der Waals surface area (Å²) >= 11 is 5.93. The second-order valence-corrected chi connectivity index (χ2v) is 6.49. The Morgan fingerprint density at radius 1 is 1.33 bits per heavy atom. The molecule has 0 radical (unpaired) electrons. The molecular weight excluding hydrogens is 316 g/mol. The number of sulfonamides is 1. The average Bonchev–Trinajstić information content (AvgIpc) is 2.40. The van der Waals surface area contributed by atoms with Crippen molar-refractivity contribution in [2.45, 2.75) is 13.8 Å². The van der Waals surface area contributed by atoms with Gasteiger partial charge in [-0.2, -0.15) is 0 Å². The SMILES string of the molecule is CCNc1cc(C(=O)NCCS(=O)(=O)NCC)c(Cl)cn1. The molecule has 118 valence electrons. The Bertz CT molecular complexity index is 592. The van der Waals surface area contributed by atoms with Crippen molar-refractivity contribution >= 4 is 33.3 Å². The summed E-state index contributed by atoms with van der Waals surface area (Å²) in [5.41, 5.74) is 0.253. The highest BCUT2D eigenvalue weighted by Crippen LogP contribution is 2.17. The number of pyridine rings is 1. The Morgan fingerprint density at radius 2 is 2.05 bits per heavy atom. The fraction of sp³-hybridized carbons (Fsp3) is 0.500. The van der Waals surface area contributed by atoms with Gasteiger partial charge in [-0.1, -0.05) is 18.5 Å². The first-order valence-corrected chi connectivity index (χ1v) is 8.57. The molecule has 0 aliphatic carbocycles. The normalized spacial score (nSPS) is 11.2. The molecule has 9 heteroatoms. The number of anilines is 1. The van der Waals surface area contributed by atoms with Crippen LogP contribution in [0.4, 0.5) is 5.82 Å². The highest BCUT2D eigenvalue weighted by Gasteiger charge is 2.14. The number of amides is 1. The monoisotopic (exact) mass is 334 g/mol. The standard InChI is InChI=1S/C12H19ClN4O3S/c1-3-14-11-7-9(10(13)8-16-11)12(18)15-5-6-21(19,20)17-4-2/h7-8,17H,3-6H2,1-2H3,(H,14,16)(H,15,18). The maximum Gasteiger partial charge on any atom is 0.253 e. The molecule has 0 fully saturated rings. The quantitative estimate of drug-likeness (QED) is 0.654. The number of nitrogens with one attached hydrogen (secondary N) is 3. The van der Waals surface area contributed by atoms with E-state index in [0.29, 0.717) is 18.9 Å². The zero-order chi connectivity index (χ0) is 15.9. The molecule has 1 rings (SSSR count). The zero-order valence-corrected chi connectivity index (χ0v) is 13.5. The summed E-state index contributed by atoms with van der Waals surface area (Å²) in [5.74, 6) is -0.0874. The van der Waals surface area contributed by atoms with Gasteiger partial charge in [0.25, 0.3) is 5.91 Å². The number of hydrogen-bond donors (Lipinski definition) is 3. The first-order valence-electron chi connectivity index (χ1n) is 6.54.